The minimum Gasteiger partial charge on any atom is -0.420 e. The summed E-state index contributed by atoms with van der Waals surface area (Å²) in [5.74, 6) is 0. The first-order chi connectivity index (χ1) is 6.60. The van der Waals surface area contributed by atoms with Crippen LogP contribution in [0.5, 0.6) is 0 Å². The molecule has 1 aliphatic rings. The minimum atomic E-state index is -2.42. The summed E-state index contributed by atoms with van der Waals surface area (Å²) >= 11 is 0. The molecule has 0 atom stereocenters. The highest BCUT2D eigenvalue weighted by atomic mass is 28.5. The van der Waals surface area contributed by atoms with Crippen molar-refractivity contribution in [2.75, 3.05) is 21.3 Å². The number of hydrogen-bond acceptors (Lipinski definition) is 5. The van der Waals surface area contributed by atoms with Crippen molar-refractivity contribution < 1.29 is 21.5 Å². The Morgan fingerprint density at radius 3 is 1.93 bits per heavy atom. The van der Waals surface area contributed by atoms with Gasteiger partial charge in [-0.15, -0.1) is 0 Å². The van der Waals surface area contributed by atoms with Crippen LogP contribution in [0.4, 0.5) is 0 Å². The molecule has 0 unspecified atom stereocenters. The molecule has 14 heavy (non-hydrogen) atoms. The topological polar surface area (TPSA) is 46.2 Å². The molecule has 5 nitrogen and oxygen atoms in total. The third-order valence-corrected chi connectivity index (χ3v) is 12.8. The van der Waals surface area contributed by atoms with Crippen LogP contribution in [0.25, 0.3) is 0 Å². The van der Waals surface area contributed by atoms with Crippen LogP contribution in [0.3, 0.4) is 0 Å². The lowest BCUT2D eigenvalue weighted by molar-refractivity contribution is 0.124. The van der Waals surface area contributed by atoms with E-state index in [4.69, 9.17) is 21.5 Å². The molecule has 0 aromatic carbocycles. The van der Waals surface area contributed by atoms with Crippen LogP contribution >= 0.6 is 0 Å². The Balaban J connectivity index is 2.39. The van der Waals surface area contributed by atoms with Gasteiger partial charge < -0.3 is 21.5 Å². The van der Waals surface area contributed by atoms with E-state index >= 15 is 0 Å². The standard InChI is InChI=1S/C6H18O5Si3/c1-7-14(8-2,9-3)6-5-13(4)10-12-11-13/h5-6,12H2,1-4H3. The fourth-order valence-electron chi connectivity index (χ4n) is 1.34. The molecule has 0 bridgehead atoms. The van der Waals surface area contributed by atoms with Crippen LogP contribution in [0, 0.1) is 0 Å². The molecule has 1 heterocycles. The van der Waals surface area contributed by atoms with Gasteiger partial charge in [0.05, 0.1) is 0 Å². The molecule has 0 saturated carbocycles. The highest BCUT2D eigenvalue weighted by molar-refractivity contribution is 6.80. The van der Waals surface area contributed by atoms with Crippen LogP contribution < -0.4 is 0 Å². The third-order valence-electron chi connectivity index (χ3n) is 2.55. The van der Waals surface area contributed by atoms with Crippen LogP contribution in [0.1, 0.15) is 0 Å². The summed E-state index contributed by atoms with van der Waals surface area (Å²) in [7, 11) is 0.0303. The van der Waals surface area contributed by atoms with E-state index in [1.54, 1.807) is 21.3 Å². The molecule has 0 aromatic rings. The lowest BCUT2D eigenvalue weighted by Gasteiger charge is -2.38. The average Bonchev–Trinajstić information content (AvgIpc) is 2.18. The summed E-state index contributed by atoms with van der Waals surface area (Å²) in [6.45, 7) is 2.07. The van der Waals surface area contributed by atoms with Crippen molar-refractivity contribution >= 4 is 27.4 Å². The molecule has 0 N–H and O–H groups in total. The summed E-state index contributed by atoms with van der Waals surface area (Å²) in [6, 6.07) is 1.66. The van der Waals surface area contributed by atoms with E-state index in [0.717, 1.165) is 12.1 Å². The zero-order valence-corrected chi connectivity index (χ0v) is 12.6. The van der Waals surface area contributed by atoms with Crippen molar-refractivity contribution in [1.29, 1.82) is 0 Å². The second-order valence-corrected chi connectivity index (χ2v) is 11.7. The average molecular weight is 254 g/mol. The molecule has 8 heteroatoms. The first-order valence-corrected chi connectivity index (χ1v) is 10.1. The first-order valence-electron chi connectivity index (χ1n) is 4.53. The molecule has 1 saturated heterocycles. The SMILES string of the molecule is CO[Si](CC[Si]1(C)O[SiH2]O1)(OC)OC. The Labute approximate surface area is 89.3 Å². The van der Waals surface area contributed by atoms with Crippen LogP contribution in [0.15, 0.2) is 0 Å². The molecule has 1 fully saturated rings. The molecule has 1 rings (SSSR count). The minimum absolute atomic E-state index is 0.627. The van der Waals surface area contributed by atoms with E-state index in [1.807, 2.05) is 0 Å². The summed E-state index contributed by atoms with van der Waals surface area (Å²) in [5, 5.41) is 0. The third kappa shape index (κ3) is 2.73. The van der Waals surface area contributed by atoms with E-state index in [0.29, 0.717) is 0 Å². The van der Waals surface area contributed by atoms with Crippen molar-refractivity contribution in [3.05, 3.63) is 0 Å². The Morgan fingerprint density at radius 1 is 1.14 bits per heavy atom. The van der Waals surface area contributed by atoms with Gasteiger partial charge in [-0.25, -0.2) is 0 Å². The number of hydrogen-bond donors (Lipinski definition) is 0. The second-order valence-electron chi connectivity index (χ2n) is 3.34. The summed E-state index contributed by atoms with van der Waals surface area (Å²) < 4.78 is 27.1. The quantitative estimate of drug-likeness (QED) is 0.624. The van der Waals surface area contributed by atoms with Crippen molar-refractivity contribution in [2.24, 2.45) is 0 Å². The maximum absolute atomic E-state index is 5.56. The Morgan fingerprint density at radius 2 is 1.64 bits per heavy atom. The first kappa shape index (κ1) is 12.5. The Hall–Kier alpha value is 0.451. The van der Waals surface area contributed by atoms with Crippen molar-refractivity contribution in [3.63, 3.8) is 0 Å². The normalized spacial score (nSPS) is 29.1. The van der Waals surface area contributed by atoms with Gasteiger partial charge >= 0.3 is 17.4 Å². The molecule has 0 amide bonds. The van der Waals surface area contributed by atoms with Gasteiger partial charge in [0.1, 0.15) is 0 Å². The fraction of sp³-hybridized carbons (Fsp3) is 1.00. The van der Waals surface area contributed by atoms with Gasteiger partial charge in [-0.3, -0.25) is 0 Å². The van der Waals surface area contributed by atoms with E-state index in [-0.39, 0.29) is 0 Å². The van der Waals surface area contributed by atoms with Gasteiger partial charge in [0.2, 0.25) is 0 Å². The smallest absolute Gasteiger partial charge is 0.420 e. The van der Waals surface area contributed by atoms with Gasteiger partial charge in [-0.2, -0.15) is 0 Å². The fourth-order valence-corrected chi connectivity index (χ4v) is 8.73. The zero-order valence-electron chi connectivity index (χ0n) is 9.16. The highest BCUT2D eigenvalue weighted by Gasteiger charge is 2.45. The Bertz CT molecular complexity index is 174. The van der Waals surface area contributed by atoms with Crippen molar-refractivity contribution in [2.45, 2.75) is 18.6 Å². The van der Waals surface area contributed by atoms with E-state index in [9.17, 15) is 0 Å². The predicted octanol–water partition coefficient (Wildman–Crippen LogP) is -0.0179. The molecular formula is C6H18O5Si3. The lowest BCUT2D eigenvalue weighted by atomic mass is 10.9. The largest absolute Gasteiger partial charge is 0.500 e. The molecule has 0 radical (unpaired) electrons. The molecule has 0 spiro atoms. The van der Waals surface area contributed by atoms with Crippen molar-refractivity contribution in [3.8, 4) is 0 Å². The molecular weight excluding hydrogens is 236 g/mol. The second kappa shape index (κ2) is 4.99. The lowest BCUT2D eigenvalue weighted by Crippen LogP contribution is -2.54. The van der Waals surface area contributed by atoms with Crippen molar-refractivity contribution in [1.82, 2.24) is 0 Å². The predicted molar refractivity (Wildman–Crippen MR) is 58.7 cm³/mol. The summed E-state index contributed by atoms with van der Waals surface area (Å²) in [6.07, 6.45) is 0. The van der Waals surface area contributed by atoms with E-state index in [1.165, 1.54) is 0 Å². The highest BCUT2D eigenvalue weighted by Crippen LogP contribution is 2.27. The van der Waals surface area contributed by atoms with Gasteiger partial charge in [0.15, 0.2) is 0 Å². The van der Waals surface area contributed by atoms with Crippen LogP contribution in [-0.2, 0) is 21.5 Å². The van der Waals surface area contributed by atoms with Gasteiger partial charge in [-0.1, -0.05) is 0 Å². The van der Waals surface area contributed by atoms with Crippen LogP contribution in [-0.4, -0.2) is 48.7 Å². The van der Waals surface area contributed by atoms with E-state index in [2.05, 4.69) is 6.55 Å². The van der Waals surface area contributed by atoms with Gasteiger partial charge in [0.25, 0.3) is 10.0 Å². The summed E-state index contributed by atoms with van der Waals surface area (Å²) in [5.41, 5.74) is 0. The van der Waals surface area contributed by atoms with Gasteiger partial charge in [0, 0.05) is 27.4 Å². The molecule has 0 aliphatic carbocycles. The zero-order chi connectivity index (χ0) is 10.7. The van der Waals surface area contributed by atoms with Gasteiger partial charge in [-0.05, 0) is 12.6 Å². The molecule has 0 aromatic heterocycles. The molecule has 1 aliphatic heterocycles. The molecule has 84 valence electrons. The number of rotatable bonds is 6. The maximum atomic E-state index is 5.56. The summed E-state index contributed by atoms with van der Waals surface area (Å²) in [4.78, 5) is 0. The maximum Gasteiger partial charge on any atom is 0.500 e. The Kier molecular flexibility index (Phi) is 4.46. The van der Waals surface area contributed by atoms with E-state index < -0.39 is 27.4 Å². The monoisotopic (exact) mass is 254 g/mol. The van der Waals surface area contributed by atoms with Crippen LogP contribution in [0.2, 0.25) is 18.6 Å².